The van der Waals surface area contributed by atoms with E-state index >= 15 is 0 Å². The molecular formula is C8H19NaO4S. The minimum Gasteiger partial charge on any atom is -0.264 e. The maximum Gasteiger partial charge on any atom is 0.397 e. The van der Waals surface area contributed by atoms with Crippen molar-refractivity contribution in [3.63, 3.8) is 0 Å². The van der Waals surface area contributed by atoms with E-state index in [9.17, 15) is 8.42 Å². The standard InChI is InChI=1S/C6H13.C2H6O4S.Na/c1-3-5-6-4-2;1-2-6-7(3,4)5;/h1,3-6H2,2H3;2H2,1H3,(H,3,4,5);. The molecule has 82 valence electrons. The normalized spacial score (nSPS) is 10.6. The smallest absolute Gasteiger partial charge is 0.264 e. The second kappa shape index (κ2) is 11.9. The topological polar surface area (TPSA) is 63.6 Å². The van der Waals surface area contributed by atoms with Gasteiger partial charge in [0.05, 0.1) is 6.61 Å². The molecule has 0 atom stereocenters. The number of hydrogen-bond donors (Lipinski definition) is 1. The number of unbranched alkanes of at least 4 members (excludes halogenated alkanes) is 3. The zero-order valence-electron chi connectivity index (χ0n) is 9.32. The molecule has 0 aromatic rings. The van der Waals surface area contributed by atoms with Gasteiger partial charge in [0.15, 0.2) is 0 Å². The molecule has 14 heavy (non-hydrogen) atoms. The quantitative estimate of drug-likeness (QED) is 0.433. The molecule has 0 aliphatic heterocycles. The van der Waals surface area contributed by atoms with Crippen molar-refractivity contribution >= 4 is 38.3 Å². The first-order valence-corrected chi connectivity index (χ1v) is 7.87. The summed E-state index contributed by atoms with van der Waals surface area (Å²) in [6.07, 6.45) is 5.78. The molecule has 0 rings (SSSR count). The van der Waals surface area contributed by atoms with Crippen LogP contribution in [0.1, 0.15) is 39.5 Å². The summed E-state index contributed by atoms with van der Waals surface area (Å²) >= 11 is 1.41. The molecule has 1 N–H and O–H groups in total. The van der Waals surface area contributed by atoms with E-state index in [2.05, 4.69) is 11.1 Å². The Balaban J connectivity index is 0. The molecule has 0 heterocycles. The molecular weight excluding hydrogens is 215 g/mol. The van der Waals surface area contributed by atoms with Crippen LogP contribution in [0.2, 0.25) is 3.67 Å². The van der Waals surface area contributed by atoms with Crippen LogP contribution in [0.15, 0.2) is 0 Å². The molecule has 0 fully saturated rings. The maximum absolute atomic E-state index is 9.56. The van der Waals surface area contributed by atoms with Crippen molar-refractivity contribution in [2.24, 2.45) is 0 Å². The predicted molar refractivity (Wildman–Crippen MR) is 57.9 cm³/mol. The largest absolute Gasteiger partial charge is 0.397 e. The van der Waals surface area contributed by atoms with Crippen LogP contribution in [0, 0.1) is 0 Å². The first-order valence-electron chi connectivity index (χ1n) is 5.09. The third-order valence-electron chi connectivity index (χ3n) is 1.47. The van der Waals surface area contributed by atoms with Crippen LogP contribution in [-0.4, -0.2) is 47.5 Å². The van der Waals surface area contributed by atoms with Crippen molar-refractivity contribution in [1.29, 1.82) is 0 Å². The molecule has 4 nitrogen and oxygen atoms in total. The Hall–Kier alpha value is 0.870. The summed E-state index contributed by atoms with van der Waals surface area (Å²) in [5.74, 6) is 0. The van der Waals surface area contributed by atoms with Crippen LogP contribution in [-0.2, 0) is 14.6 Å². The predicted octanol–water partition coefficient (Wildman–Crippen LogP) is 1.98. The van der Waals surface area contributed by atoms with Gasteiger partial charge in [0.25, 0.3) is 0 Å². The summed E-state index contributed by atoms with van der Waals surface area (Å²) < 4.78 is 32.2. The van der Waals surface area contributed by atoms with E-state index in [1.54, 1.807) is 0 Å². The second-order valence-corrected chi connectivity index (χ2v) is 4.99. The molecule has 0 saturated carbocycles. The van der Waals surface area contributed by atoms with Gasteiger partial charge >= 0.3 is 74.6 Å². The van der Waals surface area contributed by atoms with E-state index in [1.807, 2.05) is 0 Å². The molecule has 0 aliphatic carbocycles. The summed E-state index contributed by atoms with van der Waals surface area (Å²) in [4.78, 5) is 0. The van der Waals surface area contributed by atoms with E-state index < -0.39 is 10.4 Å². The van der Waals surface area contributed by atoms with Crippen LogP contribution in [0.3, 0.4) is 0 Å². The van der Waals surface area contributed by atoms with Gasteiger partial charge in [-0.3, -0.25) is 4.55 Å². The third-order valence-corrected chi connectivity index (χ3v) is 2.71. The van der Waals surface area contributed by atoms with Crippen LogP contribution in [0.25, 0.3) is 0 Å². The van der Waals surface area contributed by atoms with E-state index in [-0.39, 0.29) is 6.61 Å². The van der Waals surface area contributed by atoms with Crippen molar-refractivity contribution in [2.45, 2.75) is 43.2 Å². The molecule has 0 aliphatic rings. The van der Waals surface area contributed by atoms with Crippen LogP contribution in [0.5, 0.6) is 0 Å². The molecule has 0 aromatic carbocycles. The fourth-order valence-corrected chi connectivity index (χ4v) is 1.62. The Kier molecular flexibility index (Phi) is 14.7. The van der Waals surface area contributed by atoms with Crippen LogP contribution < -0.4 is 0 Å². The minimum absolute atomic E-state index is 0.0289. The summed E-state index contributed by atoms with van der Waals surface area (Å²) in [6.45, 7) is 3.69. The van der Waals surface area contributed by atoms with Gasteiger partial charge in [0.2, 0.25) is 0 Å². The average Bonchev–Trinajstić information content (AvgIpc) is 2.04. The summed E-state index contributed by atoms with van der Waals surface area (Å²) in [7, 11) is -4.17. The van der Waals surface area contributed by atoms with Crippen LogP contribution in [0.4, 0.5) is 0 Å². The average molecular weight is 234 g/mol. The van der Waals surface area contributed by atoms with E-state index in [0.29, 0.717) is 0 Å². The monoisotopic (exact) mass is 234 g/mol. The molecule has 0 saturated heterocycles. The molecule has 0 unspecified atom stereocenters. The van der Waals surface area contributed by atoms with Crippen molar-refractivity contribution < 1.29 is 17.2 Å². The van der Waals surface area contributed by atoms with Gasteiger partial charge in [-0.15, -0.1) is 0 Å². The fraction of sp³-hybridized carbons (Fsp3) is 1.00. The van der Waals surface area contributed by atoms with E-state index in [0.717, 1.165) is 0 Å². The fourth-order valence-electron chi connectivity index (χ4n) is 0.826. The van der Waals surface area contributed by atoms with Gasteiger partial charge in [-0.2, -0.15) is 8.42 Å². The molecule has 0 spiro atoms. The Labute approximate surface area is 105 Å². The van der Waals surface area contributed by atoms with Gasteiger partial charge in [-0.1, -0.05) is 0 Å². The van der Waals surface area contributed by atoms with Crippen molar-refractivity contribution in [2.75, 3.05) is 6.61 Å². The Morgan fingerprint density at radius 3 is 2.00 bits per heavy atom. The number of hydrogen-bond acceptors (Lipinski definition) is 3. The van der Waals surface area contributed by atoms with Crippen LogP contribution >= 0.6 is 0 Å². The Morgan fingerprint density at radius 1 is 1.21 bits per heavy atom. The van der Waals surface area contributed by atoms with Crippen molar-refractivity contribution in [3.05, 3.63) is 0 Å². The summed E-state index contributed by atoms with van der Waals surface area (Å²) in [5, 5.41) is 0. The zero-order valence-corrected chi connectivity index (χ0v) is 12.1. The van der Waals surface area contributed by atoms with Gasteiger partial charge in [-0.25, -0.2) is 4.18 Å². The van der Waals surface area contributed by atoms with Gasteiger partial charge < -0.3 is 0 Å². The second-order valence-electron chi connectivity index (χ2n) is 2.89. The van der Waals surface area contributed by atoms with Gasteiger partial charge in [0, 0.05) is 0 Å². The maximum atomic E-state index is 9.56. The Morgan fingerprint density at radius 2 is 1.79 bits per heavy atom. The van der Waals surface area contributed by atoms with Crippen molar-refractivity contribution in [3.8, 4) is 0 Å². The molecule has 6 heteroatoms. The first kappa shape index (κ1) is 17.3. The molecule has 0 aromatic heterocycles. The zero-order chi connectivity index (χ0) is 11.4. The van der Waals surface area contributed by atoms with E-state index in [4.69, 9.17) is 4.55 Å². The molecule has 0 radical (unpaired) electrons. The summed E-state index contributed by atoms with van der Waals surface area (Å²) in [6, 6.07) is 0. The van der Waals surface area contributed by atoms with E-state index in [1.165, 1.54) is 64.2 Å². The Bertz CT molecular complexity index is 188. The SMILES string of the molecule is CCCCC[CH2][Na].CCOS(=O)(=O)O. The molecule has 0 bridgehead atoms. The first-order chi connectivity index (χ1) is 6.47. The van der Waals surface area contributed by atoms with Gasteiger partial charge in [-0.05, 0) is 6.92 Å². The van der Waals surface area contributed by atoms with Gasteiger partial charge in [0.1, 0.15) is 0 Å². The van der Waals surface area contributed by atoms with Crippen molar-refractivity contribution in [1.82, 2.24) is 0 Å². The molecule has 0 amide bonds. The number of rotatable bonds is 6. The third kappa shape index (κ3) is 23.0. The summed E-state index contributed by atoms with van der Waals surface area (Å²) in [5.41, 5.74) is 0. The minimum atomic E-state index is -4.17.